The van der Waals surface area contributed by atoms with E-state index in [2.05, 4.69) is 20.4 Å². The Hall–Kier alpha value is -2.38. The van der Waals surface area contributed by atoms with E-state index >= 15 is 0 Å². The molecule has 0 saturated carbocycles. The van der Waals surface area contributed by atoms with Crippen LogP contribution < -0.4 is 5.32 Å². The fourth-order valence-electron chi connectivity index (χ4n) is 2.21. The second-order valence-electron chi connectivity index (χ2n) is 5.52. The van der Waals surface area contributed by atoms with Gasteiger partial charge in [-0.25, -0.2) is 4.98 Å². The lowest BCUT2D eigenvalue weighted by Gasteiger charge is -2.09. The lowest BCUT2D eigenvalue weighted by molar-refractivity contribution is -0.113. The molecule has 26 heavy (non-hydrogen) atoms. The predicted octanol–water partition coefficient (Wildman–Crippen LogP) is 4.39. The molecule has 2 heterocycles. The number of anilines is 1. The zero-order valence-corrected chi connectivity index (χ0v) is 15.9. The molecular weight excluding hydrogens is 372 g/mol. The van der Waals surface area contributed by atoms with E-state index in [4.69, 9.17) is 16.1 Å². The number of para-hydroxylation sites is 1. The van der Waals surface area contributed by atoms with Crippen molar-refractivity contribution in [3.05, 3.63) is 52.9 Å². The maximum Gasteiger partial charge on any atom is 0.259 e. The summed E-state index contributed by atoms with van der Waals surface area (Å²) in [6, 6.07) is 9.16. The molecule has 2 aromatic heterocycles. The molecule has 0 spiro atoms. The van der Waals surface area contributed by atoms with Crippen molar-refractivity contribution in [2.24, 2.45) is 0 Å². The molecule has 0 atom stereocenters. The molecule has 1 amide bonds. The molecule has 8 heteroatoms. The van der Waals surface area contributed by atoms with Crippen molar-refractivity contribution < 1.29 is 9.32 Å². The van der Waals surface area contributed by atoms with Crippen molar-refractivity contribution in [3.8, 4) is 11.5 Å². The fraction of sp³-hybridized carbons (Fsp3) is 0.222. The molecule has 0 saturated heterocycles. The molecule has 0 bridgehead atoms. The van der Waals surface area contributed by atoms with Gasteiger partial charge in [0.1, 0.15) is 0 Å². The third-order valence-corrected chi connectivity index (χ3v) is 4.86. The molecule has 0 aliphatic rings. The Labute approximate surface area is 160 Å². The number of hydrogen-bond acceptors (Lipinski definition) is 6. The van der Waals surface area contributed by atoms with Crippen LogP contribution in [-0.2, 0) is 11.2 Å². The number of rotatable bonds is 6. The minimum absolute atomic E-state index is 0.137. The zero-order chi connectivity index (χ0) is 18.5. The summed E-state index contributed by atoms with van der Waals surface area (Å²) in [5.41, 5.74) is 2.31. The Morgan fingerprint density at radius 3 is 2.81 bits per heavy atom. The Morgan fingerprint density at radius 1 is 1.31 bits per heavy atom. The van der Waals surface area contributed by atoms with Gasteiger partial charge in [-0.1, -0.05) is 47.6 Å². The van der Waals surface area contributed by atoms with Crippen LogP contribution in [0.15, 0.2) is 46.1 Å². The van der Waals surface area contributed by atoms with Gasteiger partial charge in [-0.2, -0.15) is 4.98 Å². The number of benzene rings is 1. The predicted molar refractivity (Wildman–Crippen MR) is 102 cm³/mol. The molecule has 0 fully saturated rings. The van der Waals surface area contributed by atoms with Crippen LogP contribution in [0.5, 0.6) is 0 Å². The second-order valence-corrected chi connectivity index (χ2v) is 6.93. The van der Waals surface area contributed by atoms with Gasteiger partial charge >= 0.3 is 0 Å². The lowest BCUT2D eigenvalue weighted by atomic mass is 10.2. The Balaban J connectivity index is 1.58. The number of aryl methyl sites for hydroxylation is 2. The number of halogens is 1. The number of amides is 1. The van der Waals surface area contributed by atoms with Gasteiger partial charge in [0.25, 0.3) is 5.89 Å². The van der Waals surface area contributed by atoms with Crippen molar-refractivity contribution in [3.63, 3.8) is 0 Å². The number of hydrogen-bond donors (Lipinski definition) is 1. The van der Waals surface area contributed by atoms with Crippen LogP contribution in [0.25, 0.3) is 11.5 Å². The highest BCUT2D eigenvalue weighted by molar-refractivity contribution is 7.99. The van der Waals surface area contributed by atoms with Gasteiger partial charge < -0.3 is 9.84 Å². The molecule has 3 rings (SSSR count). The number of nitrogens with zero attached hydrogens (tertiary/aromatic N) is 3. The minimum Gasteiger partial charge on any atom is -0.334 e. The van der Waals surface area contributed by atoms with E-state index in [0.717, 1.165) is 16.2 Å². The Bertz CT molecular complexity index is 892. The summed E-state index contributed by atoms with van der Waals surface area (Å²) >= 11 is 7.47. The maximum absolute atomic E-state index is 12.2. The normalized spacial score (nSPS) is 10.7. The topological polar surface area (TPSA) is 80.9 Å². The van der Waals surface area contributed by atoms with E-state index < -0.39 is 0 Å². The third kappa shape index (κ3) is 4.42. The van der Waals surface area contributed by atoms with Gasteiger partial charge in [-0.05, 0) is 30.7 Å². The first kappa shape index (κ1) is 18.4. The van der Waals surface area contributed by atoms with Gasteiger partial charge in [-0.15, -0.1) is 0 Å². The minimum atomic E-state index is -0.137. The highest BCUT2D eigenvalue weighted by atomic mass is 35.5. The number of carbonyl (C=O) groups is 1. The van der Waals surface area contributed by atoms with Crippen LogP contribution in [-0.4, -0.2) is 26.8 Å². The largest absolute Gasteiger partial charge is 0.334 e. The molecule has 1 aromatic carbocycles. The van der Waals surface area contributed by atoms with Gasteiger partial charge in [0.05, 0.1) is 27.1 Å². The summed E-state index contributed by atoms with van der Waals surface area (Å²) in [7, 11) is 0. The van der Waals surface area contributed by atoms with Crippen LogP contribution in [0.1, 0.15) is 18.3 Å². The number of thioether (sulfide) groups is 1. The van der Waals surface area contributed by atoms with Crippen LogP contribution in [0.3, 0.4) is 0 Å². The lowest BCUT2D eigenvalue weighted by Crippen LogP contribution is -2.15. The molecule has 1 N–H and O–H groups in total. The highest BCUT2D eigenvalue weighted by Crippen LogP contribution is 2.26. The number of nitrogens with one attached hydrogen (secondary N) is 1. The zero-order valence-electron chi connectivity index (χ0n) is 14.3. The number of carbonyl (C=O) groups excluding carboxylic acids is 1. The summed E-state index contributed by atoms with van der Waals surface area (Å²) < 4.78 is 5.18. The standard InChI is InChI=1S/C18H17ClN4O2S/c1-3-14-21-18(25-23-14)12-7-8-16(20-9-12)26-10-15(24)22-17-11(2)5-4-6-13(17)19/h4-9H,3,10H2,1-2H3,(H,22,24). The molecular formula is C18H17ClN4O2S. The van der Waals surface area contributed by atoms with E-state index in [-0.39, 0.29) is 11.7 Å². The molecule has 3 aromatic rings. The average molecular weight is 389 g/mol. The highest BCUT2D eigenvalue weighted by Gasteiger charge is 2.11. The van der Waals surface area contributed by atoms with E-state index in [0.29, 0.717) is 28.8 Å². The first-order valence-electron chi connectivity index (χ1n) is 8.03. The van der Waals surface area contributed by atoms with Crippen molar-refractivity contribution in [1.82, 2.24) is 15.1 Å². The van der Waals surface area contributed by atoms with Crippen molar-refractivity contribution >= 4 is 35.0 Å². The summed E-state index contributed by atoms with van der Waals surface area (Å²) in [6.45, 7) is 3.86. The van der Waals surface area contributed by atoms with E-state index in [1.165, 1.54) is 11.8 Å². The van der Waals surface area contributed by atoms with Crippen LogP contribution >= 0.6 is 23.4 Å². The first-order valence-corrected chi connectivity index (χ1v) is 9.40. The van der Waals surface area contributed by atoms with Crippen molar-refractivity contribution in [2.75, 3.05) is 11.1 Å². The maximum atomic E-state index is 12.2. The van der Waals surface area contributed by atoms with E-state index in [1.54, 1.807) is 12.3 Å². The molecule has 0 unspecified atom stereocenters. The van der Waals surface area contributed by atoms with Gasteiger partial charge in [-0.3, -0.25) is 4.79 Å². The Morgan fingerprint density at radius 2 is 2.15 bits per heavy atom. The average Bonchev–Trinajstić information content (AvgIpc) is 3.13. The monoisotopic (exact) mass is 388 g/mol. The van der Waals surface area contributed by atoms with Crippen LogP contribution in [0, 0.1) is 6.92 Å². The smallest absolute Gasteiger partial charge is 0.259 e. The fourth-order valence-corrected chi connectivity index (χ4v) is 3.12. The number of pyridine rings is 1. The summed E-state index contributed by atoms with van der Waals surface area (Å²) in [5.74, 6) is 1.20. The first-order chi connectivity index (χ1) is 12.6. The van der Waals surface area contributed by atoms with Gasteiger partial charge in [0, 0.05) is 12.6 Å². The Kier molecular flexibility index (Phi) is 5.90. The SMILES string of the molecule is CCc1noc(-c2ccc(SCC(=O)Nc3c(C)cccc3Cl)nc2)n1. The summed E-state index contributed by atoms with van der Waals surface area (Å²) in [6.07, 6.45) is 2.37. The third-order valence-electron chi connectivity index (χ3n) is 3.61. The van der Waals surface area contributed by atoms with E-state index in [1.807, 2.05) is 38.1 Å². The summed E-state index contributed by atoms with van der Waals surface area (Å²) in [4.78, 5) is 20.8. The number of aromatic nitrogens is 3. The van der Waals surface area contributed by atoms with Crippen molar-refractivity contribution in [2.45, 2.75) is 25.3 Å². The molecule has 134 valence electrons. The van der Waals surface area contributed by atoms with Gasteiger partial charge in [0.2, 0.25) is 5.91 Å². The molecule has 6 nitrogen and oxygen atoms in total. The second kappa shape index (κ2) is 8.33. The quantitative estimate of drug-likeness (QED) is 0.631. The van der Waals surface area contributed by atoms with Crippen molar-refractivity contribution in [1.29, 1.82) is 0 Å². The summed E-state index contributed by atoms with van der Waals surface area (Å²) in [5, 5.41) is 7.96. The van der Waals surface area contributed by atoms with Crippen LogP contribution in [0.4, 0.5) is 5.69 Å². The molecule has 0 aliphatic heterocycles. The molecule has 0 aliphatic carbocycles. The molecule has 0 radical (unpaired) electrons. The van der Waals surface area contributed by atoms with Crippen LogP contribution in [0.2, 0.25) is 5.02 Å². The van der Waals surface area contributed by atoms with E-state index in [9.17, 15) is 4.79 Å². The van der Waals surface area contributed by atoms with Gasteiger partial charge in [0.15, 0.2) is 5.82 Å².